The number of aryl methyl sites for hydroxylation is 2. The van der Waals surface area contributed by atoms with Crippen molar-refractivity contribution in [3.63, 3.8) is 0 Å². The molecule has 0 radical (unpaired) electrons. The first-order valence-corrected chi connectivity index (χ1v) is 10.9. The number of halogens is 1. The zero-order valence-corrected chi connectivity index (χ0v) is 18.3. The quantitative estimate of drug-likeness (QED) is 0.559. The molecule has 8 heteroatoms. The first-order chi connectivity index (χ1) is 14.2. The lowest BCUT2D eigenvalue weighted by Crippen LogP contribution is -2.17. The van der Waals surface area contributed by atoms with Crippen molar-refractivity contribution in [3.05, 3.63) is 82.4 Å². The summed E-state index contributed by atoms with van der Waals surface area (Å²) in [5, 5.41) is 3.14. The van der Waals surface area contributed by atoms with Crippen molar-refractivity contribution in [1.29, 1.82) is 0 Å². The molecule has 0 aliphatic rings. The van der Waals surface area contributed by atoms with Gasteiger partial charge in [-0.15, -0.1) is 0 Å². The van der Waals surface area contributed by atoms with E-state index in [0.29, 0.717) is 27.7 Å². The third kappa shape index (κ3) is 4.93. The highest BCUT2D eigenvalue weighted by atomic mass is 35.5. The average Bonchev–Trinajstić information content (AvgIpc) is 2.70. The number of ether oxygens (including phenoxy) is 1. The van der Waals surface area contributed by atoms with Gasteiger partial charge in [-0.3, -0.25) is 9.52 Å². The van der Waals surface area contributed by atoms with Gasteiger partial charge in [-0.05, 0) is 61.9 Å². The van der Waals surface area contributed by atoms with Gasteiger partial charge in [0.1, 0.15) is 5.75 Å². The van der Waals surface area contributed by atoms with Gasteiger partial charge in [0.25, 0.3) is 15.9 Å². The minimum atomic E-state index is -3.88. The van der Waals surface area contributed by atoms with Crippen LogP contribution in [-0.4, -0.2) is 21.4 Å². The van der Waals surface area contributed by atoms with Crippen molar-refractivity contribution in [3.8, 4) is 5.75 Å². The van der Waals surface area contributed by atoms with Crippen LogP contribution in [0.25, 0.3) is 0 Å². The van der Waals surface area contributed by atoms with E-state index in [1.807, 2.05) is 19.1 Å². The maximum absolute atomic E-state index is 12.9. The molecule has 2 N–H and O–H groups in total. The molecule has 0 saturated carbocycles. The Balaban J connectivity index is 1.90. The lowest BCUT2D eigenvalue weighted by atomic mass is 10.1. The first-order valence-electron chi connectivity index (χ1n) is 9.04. The smallest absolute Gasteiger partial charge is 0.262 e. The summed E-state index contributed by atoms with van der Waals surface area (Å²) in [7, 11) is -2.40. The summed E-state index contributed by atoms with van der Waals surface area (Å²) in [5.74, 6) is -0.0453. The number of carbonyl (C=O) groups is 1. The standard InChI is InChI=1S/C22H21ClN2O4S/c1-14-4-9-18(10-5-14)25-30(27,28)21-12-16(7-6-15(21)2)22(26)24-19-13-17(23)8-11-20(19)29-3/h4-13,25H,1-3H3,(H,24,26). The van der Waals surface area contributed by atoms with Crippen LogP contribution in [0.15, 0.2) is 65.6 Å². The van der Waals surface area contributed by atoms with E-state index in [1.165, 1.54) is 13.2 Å². The van der Waals surface area contributed by atoms with E-state index in [9.17, 15) is 13.2 Å². The number of amides is 1. The molecule has 0 aliphatic heterocycles. The van der Waals surface area contributed by atoms with Gasteiger partial charge < -0.3 is 10.1 Å². The van der Waals surface area contributed by atoms with E-state index in [0.717, 1.165) is 5.56 Å². The fraction of sp³-hybridized carbons (Fsp3) is 0.136. The fourth-order valence-corrected chi connectivity index (χ4v) is 4.34. The molecular weight excluding hydrogens is 424 g/mol. The van der Waals surface area contributed by atoms with Gasteiger partial charge in [0.15, 0.2) is 0 Å². The second kappa shape index (κ2) is 8.77. The Labute approximate surface area is 180 Å². The zero-order chi connectivity index (χ0) is 21.9. The maximum Gasteiger partial charge on any atom is 0.262 e. The second-order valence-electron chi connectivity index (χ2n) is 6.75. The van der Waals surface area contributed by atoms with E-state index in [2.05, 4.69) is 10.0 Å². The van der Waals surface area contributed by atoms with Gasteiger partial charge >= 0.3 is 0 Å². The van der Waals surface area contributed by atoms with Crippen LogP contribution in [0, 0.1) is 13.8 Å². The van der Waals surface area contributed by atoms with Crippen LogP contribution in [0.2, 0.25) is 5.02 Å². The van der Waals surface area contributed by atoms with Crippen molar-refractivity contribution in [1.82, 2.24) is 0 Å². The predicted molar refractivity (Wildman–Crippen MR) is 119 cm³/mol. The Morgan fingerprint density at radius 2 is 1.67 bits per heavy atom. The van der Waals surface area contributed by atoms with E-state index in [-0.39, 0.29) is 10.5 Å². The Bertz CT molecular complexity index is 1190. The summed E-state index contributed by atoms with van der Waals surface area (Å²) >= 11 is 6.00. The molecule has 0 saturated heterocycles. The molecular formula is C22H21ClN2O4S. The van der Waals surface area contributed by atoms with Crippen LogP contribution in [-0.2, 0) is 10.0 Å². The Hall–Kier alpha value is -3.03. The number of nitrogens with one attached hydrogen (secondary N) is 2. The fourth-order valence-electron chi connectivity index (χ4n) is 2.83. The predicted octanol–water partition coefficient (Wildman–Crippen LogP) is 5.02. The van der Waals surface area contributed by atoms with E-state index < -0.39 is 15.9 Å². The Kier molecular flexibility index (Phi) is 6.34. The summed E-state index contributed by atoms with van der Waals surface area (Å²) in [6.07, 6.45) is 0. The van der Waals surface area contributed by atoms with Gasteiger partial charge in [-0.2, -0.15) is 0 Å². The third-order valence-electron chi connectivity index (χ3n) is 4.45. The highest BCUT2D eigenvalue weighted by Crippen LogP contribution is 2.28. The molecule has 0 heterocycles. The van der Waals surface area contributed by atoms with Crippen LogP contribution in [0.5, 0.6) is 5.75 Å². The summed E-state index contributed by atoms with van der Waals surface area (Å²) in [4.78, 5) is 12.8. The molecule has 0 unspecified atom stereocenters. The van der Waals surface area contributed by atoms with E-state index in [4.69, 9.17) is 16.3 Å². The summed E-state index contributed by atoms with van der Waals surface area (Å²) in [6.45, 7) is 3.59. The number of carbonyl (C=O) groups excluding carboxylic acids is 1. The lowest BCUT2D eigenvalue weighted by Gasteiger charge is -2.13. The molecule has 0 atom stereocenters. The highest BCUT2D eigenvalue weighted by Gasteiger charge is 2.20. The molecule has 6 nitrogen and oxygen atoms in total. The van der Waals surface area contributed by atoms with Gasteiger partial charge in [-0.25, -0.2) is 8.42 Å². The van der Waals surface area contributed by atoms with Crippen molar-refractivity contribution < 1.29 is 17.9 Å². The maximum atomic E-state index is 12.9. The number of sulfonamides is 1. The number of anilines is 2. The normalized spacial score (nSPS) is 11.1. The van der Waals surface area contributed by atoms with Crippen molar-refractivity contribution >= 4 is 38.9 Å². The molecule has 3 rings (SSSR count). The number of methoxy groups -OCH3 is 1. The minimum absolute atomic E-state index is 0.0220. The monoisotopic (exact) mass is 444 g/mol. The van der Waals surface area contributed by atoms with Crippen molar-refractivity contribution in [2.24, 2.45) is 0 Å². The Morgan fingerprint density at radius 3 is 2.33 bits per heavy atom. The molecule has 1 amide bonds. The summed E-state index contributed by atoms with van der Waals surface area (Å²) < 4.78 is 33.6. The van der Waals surface area contributed by atoms with Gasteiger partial charge in [0.2, 0.25) is 0 Å². The first kappa shape index (κ1) is 21.7. The van der Waals surface area contributed by atoms with Crippen LogP contribution >= 0.6 is 11.6 Å². The molecule has 0 aliphatic carbocycles. The summed E-state index contributed by atoms with van der Waals surface area (Å²) in [6, 6.07) is 16.3. The third-order valence-corrected chi connectivity index (χ3v) is 6.21. The Morgan fingerprint density at radius 1 is 0.967 bits per heavy atom. The topological polar surface area (TPSA) is 84.5 Å². The molecule has 0 spiro atoms. The van der Waals surface area contributed by atoms with Gasteiger partial charge in [0.05, 0.1) is 17.7 Å². The molecule has 156 valence electrons. The molecule has 30 heavy (non-hydrogen) atoms. The van der Waals surface area contributed by atoms with E-state index in [1.54, 1.807) is 49.4 Å². The van der Waals surface area contributed by atoms with Crippen molar-refractivity contribution in [2.75, 3.05) is 17.1 Å². The molecule has 0 bridgehead atoms. The average molecular weight is 445 g/mol. The van der Waals surface area contributed by atoms with Crippen LogP contribution < -0.4 is 14.8 Å². The van der Waals surface area contributed by atoms with Gasteiger partial charge in [0, 0.05) is 16.3 Å². The van der Waals surface area contributed by atoms with Crippen molar-refractivity contribution in [2.45, 2.75) is 18.7 Å². The molecule has 3 aromatic rings. The van der Waals surface area contributed by atoms with Crippen LogP contribution in [0.1, 0.15) is 21.5 Å². The molecule has 3 aromatic carbocycles. The number of benzene rings is 3. The minimum Gasteiger partial charge on any atom is -0.495 e. The number of hydrogen-bond acceptors (Lipinski definition) is 4. The SMILES string of the molecule is COc1ccc(Cl)cc1NC(=O)c1ccc(C)c(S(=O)(=O)Nc2ccc(C)cc2)c1. The zero-order valence-electron chi connectivity index (χ0n) is 16.7. The molecule has 0 fully saturated rings. The summed E-state index contributed by atoms with van der Waals surface area (Å²) in [5.41, 5.74) is 2.55. The largest absolute Gasteiger partial charge is 0.495 e. The highest BCUT2D eigenvalue weighted by molar-refractivity contribution is 7.92. The second-order valence-corrected chi connectivity index (χ2v) is 8.84. The van der Waals surface area contributed by atoms with Crippen LogP contribution in [0.4, 0.5) is 11.4 Å². The van der Waals surface area contributed by atoms with Gasteiger partial charge in [-0.1, -0.05) is 35.4 Å². The molecule has 0 aromatic heterocycles. The number of hydrogen-bond donors (Lipinski definition) is 2. The van der Waals surface area contributed by atoms with E-state index >= 15 is 0 Å². The number of rotatable bonds is 6. The van der Waals surface area contributed by atoms with Crippen LogP contribution in [0.3, 0.4) is 0 Å². The lowest BCUT2D eigenvalue weighted by molar-refractivity contribution is 0.102.